The highest BCUT2D eigenvalue weighted by atomic mass is 16.5. The quantitative estimate of drug-likeness (QED) is 0.213. The molecule has 0 aliphatic carbocycles. The van der Waals surface area contributed by atoms with Crippen LogP contribution >= 0.6 is 0 Å². The van der Waals surface area contributed by atoms with Crippen LogP contribution in [0.3, 0.4) is 0 Å². The number of benzene rings is 3. The van der Waals surface area contributed by atoms with Crippen molar-refractivity contribution in [1.29, 1.82) is 0 Å². The van der Waals surface area contributed by atoms with Crippen molar-refractivity contribution < 1.29 is 19.0 Å². The van der Waals surface area contributed by atoms with Gasteiger partial charge in [0.15, 0.2) is 0 Å². The lowest BCUT2D eigenvalue weighted by Crippen LogP contribution is -2.09. The van der Waals surface area contributed by atoms with Gasteiger partial charge in [0, 0.05) is 0 Å². The first kappa shape index (κ1) is 22.2. The van der Waals surface area contributed by atoms with Gasteiger partial charge < -0.3 is 14.2 Å². The van der Waals surface area contributed by atoms with Gasteiger partial charge in [-0.05, 0) is 65.6 Å². The van der Waals surface area contributed by atoms with E-state index in [1.54, 1.807) is 30.3 Å². The number of rotatable bonds is 10. The molecule has 160 valence electrons. The standard InChI is InChI=1S/C27H28O4/c1-4-18-29-24-12-10-22(11-13-24)21-6-8-23(9-7-21)27(28)31-26-16-14-25(15-17-26)30-19-20(3)5-2/h4,6-17,20H,1,5,18-19H2,2-3H3/t20-/m0/s1. The van der Waals surface area contributed by atoms with Gasteiger partial charge in [0.05, 0.1) is 12.2 Å². The third-order valence-electron chi connectivity index (χ3n) is 4.94. The van der Waals surface area contributed by atoms with Gasteiger partial charge in [-0.25, -0.2) is 4.79 Å². The van der Waals surface area contributed by atoms with Gasteiger partial charge in [-0.1, -0.05) is 57.2 Å². The maximum absolute atomic E-state index is 12.5. The van der Waals surface area contributed by atoms with E-state index in [9.17, 15) is 4.79 Å². The normalized spacial score (nSPS) is 11.4. The SMILES string of the molecule is C=CCOc1ccc(-c2ccc(C(=O)Oc3ccc(OC[C@@H](C)CC)cc3)cc2)cc1. The van der Waals surface area contributed by atoms with Gasteiger partial charge >= 0.3 is 5.97 Å². The molecule has 0 radical (unpaired) electrons. The highest BCUT2D eigenvalue weighted by molar-refractivity contribution is 5.91. The van der Waals surface area contributed by atoms with Crippen LogP contribution in [-0.2, 0) is 0 Å². The van der Waals surface area contributed by atoms with Crippen LogP contribution in [0, 0.1) is 5.92 Å². The molecular weight excluding hydrogens is 388 g/mol. The molecule has 31 heavy (non-hydrogen) atoms. The van der Waals surface area contributed by atoms with E-state index >= 15 is 0 Å². The average molecular weight is 417 g/mol. The van der Waals surface area contributed by atoms with Gasteiger partial charge in [0.25, 0.3) is 0 Å². The van der Waals surface area contributed by atoms with E-state index < -0.39 is 5.97 Å². The van der Waals surface area contributed by atoms with Crippen LogP contribution in [0.4, 0.5) is 0 Å². The van der Waals surface area contributed by atoms with Crippen LogP contribution in [0.1, 0.15) is 30.6 Å². The minimum atomic E-state index is -0.395. The first-order valence-corrected chi connectivity index (χ1v) is 10.5. The fourth-order valence-electron chi connectivity index (χ4n) is 2.82. The smallest absolute Gasteiger partial charge is 0.343 e. The van der Waals surface area contributed by atoms with Crippen LogP contribution in [0.2, 0.25) is 0 Å². The number of esters is 1. The molecule has 0 aromatic heterocycles. The average Bonchev–Trinajstić information content (AvgIpc) is 2.82. The molecule has 4 nitrogen and oxygen atoms in total. The molecule has 0 fully saturated rings. The molecule has 0 saturated carbocycles. The van der Waals surface area contributed by atoms with Gasteiger partial charge in [-0.2, -0.15) is 0 Å². The van der Waals surface area contributed by atoms with Gasteiger partial charge in [0.1, 0.15) is 23.9 Å². The number of ether oxygens (including phenoxy) is 3. The molecule has 0 saturated heterocycles. The summed E-state index contributed by atoms with van der Waals surface area (Å²) in [6.45, 7) is 9.08. The summed E-state index contributed by atoms with van der Waals surface area (Å²) >= 11 is 0. The van der Waals surface area contributed by atoms with Crippen LogP contribution in [0.5, 0.6) is 17.2 Å². The molecule has 0 heterocycles. The first-order valence-electron chi connectivity index (χ1n) is 10.5. The Labute approximate surface area is 184 Å². The third-order valence-corrected chi connectivity index (χ3v) is 4.94. The number of hydrogen-bond donors (Lipinski definition) is 0. The van der Waals surface area contributed by atoms with Crippen molar-refractivity contribution in [1.82, 2.24) is 0 Å². The van der Waals surface area contributed by atoms with E-state index in [0.717, 1.165) is 29.0 Å². The topological polar surface area (TPSA) is 44.8 Å². The molecule has 3 rings (SSSR count). The van der Waals surface area contributed by atoms with Gasteiger partial charge in [0.2, 0.25) is 0 Å². The molecule has 0 unspecified atom stereocenters. The van der Waals surface area contributed by atoms with Crippen molar-refractivity contribution in [3.63, 3.8) is 0 Å². The summed E-state index contributed by atoms with van der Waals surface area (Å²) < 4.78 is 16.7. The van der Waals surface area contributed by atoms with Crippen molar-refractivity contribution >= 4 is 5.97 Å². The van der Waals surface area contributed by atoms with E-state index in [1.165, 1.54) is 0 Å². The zero-order valence-electron chi connectivity index (χ0n) is 18.0. The number of carbonyl (C=O) groups excluding carboxylic acids is 1. The molecule has 0 amide bonds. The summed E-state index contributed by atoms with van der Waals surface area (Å²) in [6.07, 6.45) is 2.78. The lowest BCUT2D eigenvalue weighted by atomic mass is 10.0. The molecule has 4 heteroatoms. The largest absolute Gasteiger partial charge is 0.493 e. The predicted octanol–water partition coefficient (Wildman–Crippen LogP) is 6.56. The minimum Gasteiger partial charge on any atom is -0.493 e. The Morgan fingerprint density at radius 2 is 1.35 bits per heavy atom. The van der Waals surface area contributed by atoms with Crippen molar-refractivity contribution in [2.75, 3.05) is 13.2 Å². The second-order valence-electron chi connectivity index (χ2n) is 7.39. The second kappa shape index (κ2) is 11.0. The van der Waals surface area contributed by atoms with Crippen molar-refractivity contribution in [2.24, 2.45) is 5.92 Å². The zero-order chi connectivity index (χ0) is 22.1. The fourth-order valence-corrected chi connectivity index (χ4v) is 2.82. The Bertz CT molecular complexity index is 973. The van der Waals surface area contributed by atoms with Crippen LogP contribution in [-0.4, -0.2) is 19.2 Å². The molecule has 1 atom stereocenters. The molecular formula is C27H28O4. The van der Waals surface area contributed by atoms with Gasteiger partial charge in [-0.15, -0.1) is 0 Å². The van der Waals surface area contributed by atoms with Crippen molar-refractivity contribution in [3.05, 3.63) is 91.0 Å². The summed E-state index contributed by atoms with van der Waals surface area (Å²) in [5.41, 5.74) is 2.54. The van der Waals surface area contributed by atoms with E-state index in [2.05, 4.69) is 20.4 Å². The molecule has 0 spiro atoms. The highest BCUT2D eigenvalue weighted by Gasteiger charge is 2.10. The Kier molecular flexibility index (Phi) is 7.88. The zero-order valence-corrected chi connectivity index (χ0v) is 18.0. The van der Waals surface area contributed by atoms with Crippen LogP contribution in [0.25, 0.3) is 11.1 Å². The van der Waals surface area contributed by atoms with Crippen LogP contribution in [0.15, 0.2) is 85.5 Å². The summed E-state index contributed by atoms with van der Waals surface area (Å²) in [4.78, 5) is 12.5. The lowest BCUT2D eigenvalue weighted by molar-refractivity contribution is 0.0734. The third kappa shape index (κ3) is 6.48. The van der Waals surface area contributed by atoms with Gasteiger partial charge in [-0.3, -0.25) is 0 Å². The van der Waals surface area contributed by atoms with Crippen molar-refractivity contribution in [2.45, 2.75) is 20.3 Å². The maximum Gasteiger partial charge on any atom is 0.343 e. The molecule has 3 aromatic rings. The highest BCUT2D eigenvalue weighted by Crippen LogP contribution is 2.24. The molecule has 0 bridgehead atoms. The van der Waals surface area contributed by atoms with E-state index in [0.29, 0.717) is 30.4 Å². The number of hydrogen-bond acceptors (Lipinski definition) is 4. The monoisotopic (exact) mass is 416 g/mol. The minimum absolute atomic E-state index is 0.395. The Balaban J connectivity index is 1.58. The summed E-state index contributed by atoms with van der Waals surface area (Å²) in [7, 11) is 0. The Morgan fingerprint density at radius 1 is 0.839 bits per heavy atom. The Morgan fingerprint density at radius 3 is 1.94 bits per heavy atom. The summed E-state index contributed by atoms with van der Waals surface area (Å²) in [6, 6.07) is 22.3. The second-order valence-corrected chi connectivity index (χ2v) is 7.39. The summed E-state index contributed by atoms with van der Waals surface area (Å²) in [5, 5.41) is 0. The lowest BCUT2D eigenvalue weighted by Gasteiger charge is -2.11. The molecule has 0 N–H and O–H groups in total. The first-order chi connectivity index (χ1) is 15.1. The number of carbonyl (C=O) groups is 1. The van der Waals surface area contributed by atoms with Crippen molar-refractivity contribution in [3.8, 4) is 28.4 Å². The summed E-state index contributed by atoms with van der Waals surface area (Å²) in [5.74, 6) is 2.16. The van der Waals surface area contributed by atoms with E-state index in [-0.39, 0.29) is 0 Å². The Hall–Kier alpha value is -3.53. The maximum atomic E-state index is 12.5. The predicted molar refractivity (Wildman–Crippen MR) is 124 cm³/mol. The van der Waals surface area contributed by atoms with E-state index in [1.807, 2.05) is 48.5 Å². The molecule has 0 aliphatic heterocycles. The van der Waals surface area contributed by atoms with Crippen LogP contribution < -0.4 is 14.2 Å². The fraction of sp³-hybridized carbons (Fsp3) is 0.222. The van der Waals surface area contributed by atoms with E-state index in [4.69, 9.17) is 14.2 Å². The molecule has 3 aromatic carbocycles. The molecule has 0 aliphatic rings.